The first-order valence-corrected chi connectivity index (χ1v) is 11.6. The molecule has 5 nitrogen and oxygen atoms in total. The summed E-state index contributed by atoms with van der Waals surface area (Å²) in [7, 11) is 4.19. The number of nitrogens with one attached hydrogen (secondary N) is 1. The van der Waals surface area contributed by atoms with Crippen molar-refractivity contribution in [1.82, 2.24) is 9.80 Å². The molecule has 1 saturated carbocycles. The number of hydrogen-bond acceptors (Lipinski definition) is 3. The smallest absolute Gasteiger partial charge is 0.198 e. The summed E-state index contributed by atoms with van der Waals surface area (Å²) < 4.78 is 0. The molecule has 0 amide bonds. The second kappa shape index (κ2) is 11.2. The molecule has 31 heavy (non-hydrogen) atoms. The number of guanidine groups is 1. The second-order valence-corrected chi connectivity index (χ2v) is 8.89. The lowest BCUT2D eigenvalue weighted by molar-refractivity contribution is 0.316. The summed E-state index contributed by atoms with van der Waals surface area (Å²) in [5.74, 6) is 1.69. The molecule has 0 saturated heterocycles. The molecule has 2 atom stereocenters. The van der Waals surface area contributed by atoms with Crippen molar-refractivity contribution in [3.8, 4) is 16.9 Å². The van der Waals surface area contributed by atoms with Crippen molar-refractivity contribution < 1.29 is 5.11 Å². The predicted molar refractivity (Wildman–Crippen MR) is 132 cm³/mol. The van der Waals surface area contributed by atoms with Crippen LogP contribution in [0.3, 0.4) is 0 Å². The van der Waals surface area contributed by atoms with Gasteiger partial charge in [-0.2, -0.15) is 0 Å². The Bertz CT molecular complexity index is 850. The highest BCUT2D eigenvalue weighted by molar-refractivity contribution is 5.96. The molecule has 1 fully saturated rings. The van der Waals surface area contributed by atoms with Crippen LogP contribution in [-0.2, 0) is 0 Å². The molecular formula is C26H38N4O. The van der Waals surface area contributed by atoms with Crippen molar-refractivity contribution in [1.29, 1.82) is 0 Å². The van der Waals surface area contributed by atoms with E-state index < -0.39 is 0 Å². The highest BCUT2D eigenvalue weighted by Gasteiger charge is 2.23. The van der Waals surface area contributed by atoms with E-state index in [1.165, 1.54) is 19.3 Å². The van der Waals surface area contributed by atoms with Gasteiger partial charge in [0.05, 0.1) is 11.7 Å². The summed E-state index contributed by atoms with van der Waals surface area (Å²) in [5.41, 5.74) is 2.90. The highest BCUT2D eigenvalue weighted by Crippen LogP contribution is 2.31. The number of aliphatic imine (C=N–C) groups is 1. The monoisotopic (exact) mass is 422 g/mol. The Hall–Kier alpha value is -2.53. The third-order valence-corrected chi connectivity index (χ3v) is 6.20. The van der Waals surface area contributed by atoms with Crippen molar-refractivity contribution >= 4 is 11.6 Å². The third kappa shape index (κ3) is 6.47. The zero-order chi connectivity index (χ0) is 22.2. The standard InChI is InChI=1S/C26H38N4O/c1-5-30(18-17-29(3)4)26(27-23-14-10-9-11-20(23)2)28-24-19-22(15-16-25(24)31)21-12-7-6-8-13-21/h6-8,12-13,15-16,19-20,23,31H,5,9-11,14,17-18H2,1-4H3,(H,27,28). The van der Waals surface area contributed by atoms with Crippen LogP contribution in [0.1, 0.15) is 39.5 Å². The van der Waals surface area contributed by atoms with Gasteiger partial charge in [-0.1, -0.05) is 56.2 Å². The molecule has 2 N–H and O–H groups in total. The van der Waals surface area contributed by atoms with Gasteiger partial charge in [0.15, 0.2) is 5.96 Å². The van der Waals surface area contributed by atoms with Crippen molar-refractivity contribution in [2.24, 2.45) is 10.9 Å². The maximum absolute atomic E-state index is 10.6. The quantitative estimate of drug-likeness (QED) is 0.362. The van der Waals surface area contributed by atoms with E-state index in [4.69, 9.17) is 4.99 Å². The minimum Gasteiger partial charge on any atom is -0.506 e. The fraction of sp³-hybridized carbons (Fsp3) is 0.500. The van der Waals surface area contributed by atoms with Crippen LogP contribution in [-0.4, -0.2) is 60.6 Å². The van der Waals surface area contributed by atoms with Crippen LogP contribution in [0.5, 0.6) is 5.75 Å². The minimum atomic E-state index is 0.243. The number of hydrogen-bond donors (Lipinski definition) is 2. The van der Waals surface area contributed by atoms with Crippen LogP contribution in [0.25, 0.3) is 11.1 Å². The average molecular weight is 423 g/mol. The lowest BCUT2D eigenvalue weighted by atomic mass is 9.86. The highest BCUT2D eigenvalue weighted by atomic mass is 16.3. The van der Waals surface area contributed by atoms with E-state index in [0.717, 1.165) is 43.1 Å². The van der Waals surface area contributed by atoms with Crippen LogP contribution >= 0.6 is 0 Å². The number of nitrogens with zero attached hydrogens (tertiary/aromatic N) is 3. The fourth-order valence-electron chi connectivity index (χ4n) is 4.14. The summed E-state index contributed by atoms with van der Waals surface area (Å²) in [6.45, 7) is 7.17. The van der Waals surface area contributed by atoms with E-state index in [2.05, 4.69) is 55.2 Å². The Morgan fingerprint density at radius 1 is 1.03 bits per heavy atom. The maximum atomic E-state index is 10.6. The van der Waals surface area contributed by atoms with Gasteiger partial charge in [0.25, 0.3) is 0 Å². The van der Waals surface area contributed by atoms with Gasteiger partial charge in [-0.25, -0.2) is 4.99 Å². The molecule has 0 radical (unpaired) electrons. The van der Waals surface area contributed by atoms with Gasteiger partial charge in [0.1, 0.15) is 5.75 Å². The van der Waals surface area contributed by atoms with E-state index in [1.807, 2.05) is 30.3 Å². The molecule has 0 aliphatic heterocycles. The lowest BCUT2D eigenvalue weighted by Crippen LogP contribution is -2.41. The molecule has 2 aromatic carbocycles. The molecule has 0 aromatic heterocycles. The summed E-state index contributed by atoms with van der Waals surface area (Å²) in [4.78, 5) is 9.69. The topological polar surface area (TPSA) is 51.1 Å². The van der Waals surface area contributed by atoms with Crippen molar-refractivity contribution in [3.63, 3.8) is 0 Å². The number of phenolic OH excluding ortho intramolecular Hbond substituents is 1. The molecule has 3 rings (SSSR count). The number of phenols is 1. The Morgan fingerprint density at radius 2 is 1.77 bits per heavy atom. The van der Waals surface area contributed by atoms with Crippen LogP contribution < -0.4 is 5.32 Å². The Balaban J connectivity index is 1.92. The molecular weight excluding hydrogens is 384 g/mol. The first kappa shape index (κ1) is 23.1. The van der Waals surface area contributed by atoms with Crippen molar-refractivity contribution in [3.05, 3.63) is 48.5 Å². The van der Waals surface area contributed by atoms with Crippen molar-refractivity contribution in [2.75, 3.05) is 39.0 Å². The SMILES string of the molecule is CCN(CCN(C)C)C(=NC1CCCCC1C)Nc1cc(-c2ccccc2)ccc1O. The van der Waals surface area contributed by atoms with E-state index in [0.29, 0.717) is 17.6 Å². The lowest BCUT2D eigenvalue weighted by Gasteiger charge is -2.31. The van der Waals surface area contributed by atoms with Gasteiger partial charge in [0.2, 0.25) is 0 Å². The van der Waals surface area contributed by atoms with E-state index in [-0.39, 0.29) is 5.75 Å². The molecule has 0 heterocycles. The molecule has 168 valence electrons. The van der Waals surface area contributed by atoms with E-state index in [1.54, 1.807) is 6.07 Å². The molecule has 5 heteroatoms. The van der Waals surface area contributed by atoms with E-state index in [9.17, 15) is 5.11 Å². The van der Waals surface area contributed by atoms with E-state index >= 15 is 0 Å². The number of benzene rings is 2. The fourth-order valence-corrected chi connectivity index (χ4v) is 4.14. The number of likely N-dealkylation sites (N-methyl/N-ethyl adjacent to an activating group) is 2. The number of rotatable bonds is 7. The summed E-state index contributed by atoms with van der Waals surface area (Å²) in [6.07, 6.45) is 4.91. The molecule has 0 spiro atoms. The Kier molecular flexibility index (Phi) is 8.35. The van der Waals surface area contributed by atoms with Gasteiger partial charge < -0.3 is 20.2 Å². The number of aromatic hydroxyl groups is 1. The first-order chi connectivity index (χ1) is 15.0. The van der Waals surface area contributed by atoms with Gasteiger partial charge in [-0.05, 0) is 63.0 Å². The summed E-state index contributed by atoms with van der Waals surface area (Å²) in [6, 6.07) is 16.3. The Labute approximate surface area is 187 Å². The van der Waals surface area contributed by atoms with Gasteiger partial charge in [0, 0.05) is 19.6 Å². The minimum absolute atomic E-state index is 0.243. The normalized spacial score (nSPS) is 19.5. The van der Waals surface area contributed by atoms with Gasteiger partial charge in [-0.3, -0.25) is 0 Å². The van der Waals surface area contributed by atoms with Crippen LogP contribution in [0.4, 0.5) is 5.69 Å². The van der Waals surface area contributed by atoms with Gasteiger partial charge in [-0.15, -0.1) is 0 Å². The average Bonchev–Trinajstić information content (AvgIpc) is 2.77. The molecule has 2 aromatic rings. The Morgan fingerprint density at radius 3 is 2.45 bits per heavy atom. The first-order valence-electron chi connectivity index (χ1n) is 11.6. The second-order valence-electron chi connectivity index (χ2n) is 8.89. The summed E-state index contributed by atoms with van der Waals surface area (Å²) in [5, 5.41) is 14.1. The zero-order valence-corrected chi connectivity index (χ0v) is 19.5. The zero-order valence-electron chi connectivity index (χ0n) is 19.5. The predicted octanol–water partition coefficient (Wildman–Crippen LogP) is 5.29. The molecule has 2 unspecified atom stereocenters. The van der Waals surface area contributed by atoms with Crippen LogP contribution in [0.15, 0.2) is 53.5 Å². The van der Waals surface area contributed by atoms with Crippen LogP contribution in [0.2, 0.25) is 0 Å². The largest absolute Gasteiger partial charge is 0.506 e. The van der Waals surface area contributed by atoms with Gasteiger partial charge >= 0.3 is 0 Å². The maximum Gasteiger partial charge on any atom is 0.198 e. The molecule has 1 aliphatic rings. The summed E-state index contributed by atoms with van der Waals surface area (Å²) >= 11 is 0. The third-order valence-electron chi connectivity index (χ3n) is 6.20. The molecule has 0 bridgehead atoms. The van der Waals surface area contributed by atoms with Crippen molar-refractivity contribution in [2.45, 2.75) is 45.6 Å². The molecule has 1 aliphatic carbocycles. The van der Waals surface area contributed by atoms with Crippen LogP contribution in [0, 0.1) is 5.92 Å². The number of anilines is 1.